The second-order valence-electron chi connectivity index (χ2n) is 29.6. The number of benzene rings is 7. The zero-order valence-corrected chi connectivity index (χ0v) is 49.2. The molecule has 0 fully saturated rings. The Morgan fingerprint density at radius 1 is 0.421 bits per heavy atom. The van der Waals surface area contributed by atoms with Crippen molar-refractivity contribution < 1.29 is 4.42 Å². The number of fused-ring (bicyclic) bond motifs is 10. The van der Waals surface area contributed by atoms with Gasteiger partial charge in [-0.2, -0.15) is 0 Å². The largest absolute Gasteiger partial charge is 0.456 e. The van der Waals surface area contributed by atoms with Crippen LogP contribution in [0.5, 0.6) is 0 Å². The number of anilines is 6. The first-order chi connectivity index (χ1) is 35.5. The summed E-state index contributed by atoms with van der Waals surface area (Å²) in [6.45, 7) is 43.7. The maximum Gasteiger partial charge on any atom is 0.252 e. The Bertz CT molecular complexity index is 3840. The predicted molar refractivity (Wildman–Crippen MR) is 327 cm³/mol. The lowest BCUT2D eigenvalue weighted by Crippen LogP contribution is -2.61. The SMILES string of the molecule is Cc1ccccc1-c1cc2c3c(c1)N(c1cc4c(cc1C)C(C)(C)CCC4(C)C)c1cc4c(cc1B3c1cc3c(cc1N2c1cc2c(cc1C)C(C)(C)CCC2(C)C)C(C)(C)CC3(C)C)oc1ccc(C(C)(C)C)cc14. The summed E-state index contributed by atoms with van der Waals surface area (Å²) in [6.07, 6.45) is 5.78. The zero-order chi connectivity index (χ0) is 53.9. The molecule has 388 valence electrons. The van der Waals surface area contributed by atoms with Gasteiger partial charge in [-0.25, -0.2) is 0 Å². The lowest BCUT2D eigenvalue weighted by Gasteiger charge is -2.47. The smallest absolute Gasteiger partial charge is 0.252 e. The van der Waals surface area contributed by atoms with Crippen molar-refractivity contribution in [1.29, 1.82) is 0 Å². The molecule has 0 saturated heterocycles. The third kappa shape index (κ3) is 7.06. The van der Waals surface area contributed by atoms with E-state index >= 15 is 0 Å². The maximum atomic E-state index is 7.08. The van der Waals surface area contributed by atoms with Gasteiger partial charge in [-0.3, -0.25) is 0 Å². The van der Waals surface area contributed by atoms with Crippen molar-refractivity contribution in [1.82, 2.24) is 0 Å². The fourth-order valence-electron chi connectivity index (χ4n) is 15.7. The quantitative estimate of drug-likeness (QED) is 0.164. The van der Waals surface area contributed by atoms with Crippen LogP contribution in [0.15, 0.2) is 108 Å². The highest BCUT2D eigenvalue weighted by Crippen LogP contribution is 2.57. The zero-order valence-electron chi connectivity index (χ0n) is 49.2. The molecule has 3 aliphatic carbocycles. The lowest BCUT2D eigenvalue weighted by atomic mass is 9.33. The number of hydrogen-bond donors (Lipinski definition) is 0. The monoisotopic (exact) mass is 1000 g/mol. The molecule has 0 radical (unpaired) electrons. The molecule has 1 aromatic heterocycles. The standard InChI is InChI=1S/C72H81BN2O/c1-41-21-19-20-22-46(41)44-31-61-65-62(32-44)75(58-37-53-50(30-43(58)3)68(9,10)26-28-70(53,13)14)60-38-54-51(71(15,16)40-72(54,17)18)35-55(60)73(65)56-39-64-48(47-33-45(66(4,5)6)23-24-63(47)76-64)34-59(56)74(61)57-36-52-49(29-42(57)2)67(7,8)25-27-69(52,11)12/h19-24,29-39H,25-28,40H2,1-18H3. The van der Waals surface area contributed by atoms with Gasteiger partial charge in [0.15, 0.2) is 0 Å². The second-order valence-corrected chi connectivity index (χ2v) is 29.6. The molecule has 7 aromatic carbocycles. The van der Waals surface area contributed by atoms with Crippen molar-refractivity contribution in [3.63, 3.8) is 0 Å². The van der Waals surface area contributed by atoms with Gasteiger partial charge in [-0.1, -0.05) is 152 Å². The highest BCUT2D eigenvalue weighted by atomic mass is 16.3. The Hall–Kier alpha value is -6.00. The predicted octanol–water partition coefficient (Wildman–Crippen LogP) is 18.2. The van der Waals surface area contributed by atoms with Gasteiger partial charge in [-0.15, -0.1) is 0 Å². The van der Waals surface area contributed by atoms with Gasteiger partial charge in [0.05, 0.1) is 0 Å². The fraction of sp³-hybridized carbons (Fsp3) is 0.417. The minimum atomic E-state index is -0.0670. The maximum absolute atomic E-state index is 7.08. The molecule has 0 N–H and O–H groups in total. The molecule has 0 spiro atoms. The summed E-state index contributed by atoms with van der Waals surface area (Å²) in [5.41, 5.74) is 30.5. The van der Waals surface area contributed by atoms with E-state index in [9.17, 15) is 0 Å². The molecule has 0 unspecified atom stereocenters. The average molecular weight is 1000 g/mol. The fourth-order valence-corrected chi connectivity index (χ4v) is 15.7. The molecule has 76 heavy (non-hydrogen) atoms. The lowest BCUT2D eigenvalue weighted by molar-refractivity contribution is 0.332. The Labute approximate surface area is 455 Å². The van der Waals surface area contributed by atoms with Gasteiger partial charge in [0, 0.05) is 44.9 Å². The van der Waals surface area contributed by atoms with Gasteiger partial charge < -0.3 is 14.2 Å². The minimum absolute atomic E-state index is 0.00478. The van der Waals surface area contributed by atoms with Crippen molar-refractivity contribution in [2.24, 2.45) is 0 Å². The molecule has 4 heteroatoms. The van der Waals surface area contributed by atoms with Crippen LogP contribution in [-0.4, -0.2) is 6.71 Å². The van der Waals surface area contributed by atoms with E-state index in [1.807, 2.05) is 0 Å². The first kappa shape index (κ1) is 49.6. The summed E-state index contributed by atoms with van der Waals surface area (Å²) in [5.74, 6) is 0. The number of furan rings is 1. The van der Waals surface area contributed by atoms with E-state index in [1.165, 1.54) is 141 Å². The molecule has 0 bridgehead atoms. The second kappa shape index (κ2) is 15.6. The molecule has 5 aliphatic rings. The Balaban J connectivity index is 1.21. The Morgan fingerprint density at radius 2 is 0.868 bits per heavy atom. The van der Waals surface area contributed by atoms with Gasteiger partial charge in [0.25, 0.3) is 6.71 Å². The highest BCUT2D eigenvalue weighted by Gasteiger charge is 2.50. The number of rotatable bonds is 3. The van der Waals surface area contributed by atoms with E-state index < -0.39 is 0 Å². The third-order valence-corrected chi connectivity index (χ3v) is 20.3. The summed E-state index contributed by atoms with van der Waals surface area (Å²) in [4.78, 5) is 5.48. The number of hydrogen-bond acceptors (Lipinski definition) is 3. The van der Waals surface area contributed by atoms with Crippen molar-refractivity contribution in [3.8, 4) is 11.1 Å². The van der Waals surface area contributed by atoms with E-state index in [0.29, 0.717) is 0 Å². The van der Waals surface area contributed by atoms with E-state index in [0.717, 1.165) is 30.4 Å². The molecule has 2 aliphatic heterocycles. The van der Waals surface area contributed by atoms with E-state index in [2.05, 4.69) is 238 Å². The van der Waals surface area contributed by atoms with Crippen LogP contribution in [0.1, 0.15) is 192 Å². The summed E-state index contributed by atoms with van der Waals surface area (Å²) in [6, 6.07) is 41.9. The third-order valence-electron chi connectivity index (χ3n) is 20.3. The first-order valence-electron chi connectivity index (χ1n) is 28.8. The number of nitrogens with zero attached hydrogens (tertiary/aromatic N) is 2. The van der Waals surface area contributed by atoms with Crippen LogP contribution in [0.25, 0.3) is 33.1 Å². The molecule has 3 nitrogen and oxygen atoms in total. The summed E-state index contributed by atoms with van der Waals surface area (Å²) < 4.78 is 7.08. The van der Waals surface area contributed by atoms with Gasteiger partial charge in [0.2, 0.25) is 0 Å². The summed E-state index contributed by atoms with van der Waals surface area (Å²) in [5, 5.41) is 2.35. The minimum Gasteiger partial charge on any atom is -0.456 e. The van der Waals surface area contributed by atoms with Crippen LogP contribution >= 0.6 is 0 Å². The van der Waals surface area contributed by atoms with Crippen molar-refractivity contribution in [2.45, 2.75) is 195 Å². The highest BCUT2D eigenvalue weighted by molar-refractivity contribution is 7.00. The van der Waals surface area contributed by atoms with Crippen molar-refractivity contribution in [3.05, 3.63) is 159 Å². The molecule has 3 heterocycles. The molecule has 0 saturated carbocycles. The summed E-state index contributed by atoms with van der Waals surface area (Å²) in [7, 11) is 0. The van der Waals surface area contributed by atoms with E-state index in [4.69, 9.17) is 4.42 Å². The van der Waals surface area contributed by atoms with Crippen molar-refractivity contribution >= 4 is 79.2 Å². The molecular formula is C72H81BN2O. The summed E-state index contributed by atoms with van der Waals surface area (Å²) >= 11 is 0. The van der Waals surface area contributed by atoms with Gasteiger partial charge in [-0.05, 0) is 229 Å². The molecular weight excluding hydrogens is 920 g/mol. The topological polar surface area (TPSA) is 19.6 Å². The van der Waals surface area contributed by atoms with Crippen LogP contribution < -0.4 is 26.2 Å². The van der Waals surface area contributed by atoms with E-state index in [1.54, 1.807) is 0 Å². The van der Waals surface area contributed by atoms with Crippen LogP contribution in [0.2, 0.25) is 0 Å². The Morgan fingerprint density at radius 3 is 1.39 bits per heavy atom. The molecule has 8 aromatic rings. The Kier molecular flexibility index (Phi) is 10.2. The molecule has 13 rings (SSSR count). The van der Waals surface area contributed by atoms with Gasteiger partial charge >= 0.3 is 0 Å². The van der Waals surface area contributed by atoms with Crippen molar-refractivity contribution in [2.75, 3.05) is 9.80 Å². The van der Waals surface area contributed by atoms with Gasteiger partial charge in [0.1, 0.15) is 11.2 Å². The average Bonchev–Trinajstić information content (AvgIpc) is 3.95. The molecule has 0 atom stereocenters. The van der Waals surface area contributed by atoms with Crippen LogP contribution in [0, 0.1) is 20.8 Å². The van der Waals surface area contributed by atoms with Crippen LogP contribution in [0.4, 0.5) is 34.1 Å². The first-order valence-corrected chi connectivity index (χ1v) is 28.8. The van der Waals surface area contributed by atoms with Crippen LogP contribution in [-0.2, 0) is 37.9 Å². The normalized spacial score (nSPS) is 19.7. The van der Waals surface area contributed by atoms with Crippen LogP contribution in [0.3, 0.4) is 0 Å². The van der Waals surface area contributed by atoms with E-state index in [-0.39, 0.29) is 44.6 Å². The number of aryl methyl sites for hydroxylation is 3. The molecule has 0 amide bonds.